The molecular weight excluding hydrogens is 919 g/mol. The lowest BCUT2D eigenvalue weighted by Crippen LogP contribution is -2.59. The molecule has 4 fully saturated rings. The summed E-state index contributed by atoms with van der Waals surface area (Å²) in [5.41, 5.74) is -0.273. The lowest BCUT2D eigenvalue weighted by atomic mass is 9.36. The smallest absolute Gasteiger partial charge is 0.309 e. The molecule has 4 aliphatic rings. The lowest BCUT2D eigenvalue weighted by molar-refractivity contribution is -0.198. The van der Waals surface area contributed by atoms with Gasteiger partial charge in [0.2, 0.25) is 0 Å². The molecule has 0 aromatic rings. The number of carbonyl (C=O) groups is 3. The van der Waals surface area contributed by atoms with Gasteiger partial charge in [0.05, 0.1) is 19.1 Å². The van der Waals surface area contributed by atoms with E-state index in [2.05, 4.69) is 39.9 Å². The van der Waals surface area contributed by atoms with Gasteiger partial charge in [0.15, 0.2) is 0 Å². The number of nitrogens with one attached hydrogen (secondary N) is 1. The average Bonchev–Trinajstić information content (AvgIpc) is 3.38. The molecule has 0 radical (unpaired) electrons. The zero-order valence-corrected chi connectivity index (χ0v) is 49.8. The van der Waals surface area contributed by atoms with Crippen molar-refractivity contribution in [2.24, 2.45) is 39.9 Å². The second kappa shape index (κ2) is 41.4. The van der Waals surface area contributed by atoms with Gasteiger partial charge in [-0.2, -0.15) is 0 Å². The fourth-order valence-electron chi connectivity index (χ4n) is 14.9. The van der Waals surface area contributed by atoms with Gasteiger partial charge in [0, 0.05) is 26.0 Å². The van der Waals surface area contributed by atoms with Gasteiger partial charge >= 0.3 is 17.9 Å². The van der Waals surface area contributed by atoms with E-state index in [0.717, 1.165) is 64.2 Å². The summed E-state index contributed by atoms with van der Waals surface area (Å²) in [6.45, 7) is 14.1. The zero-order valence-electron chi connectivity index (χ0n) is 49.8. The highest BCUT2D eigenvalue weighted by Gasteiger charge is 2.65. The molecule has 2 N–H and O–H groups in total. The van der Waals surface area contributed by atoms with E-state index in [9.17, 15) is 14.4 Å². The third-order valence-electron chi connectivity index (χ3n) is 18.8. The minimum atomic E-state index is -0.220. The SMILES string of the molecule is CCCCCCCCCC(CCCCCCCCC)CCOC(=O)CCC12CC3CC(CCC(=O)OCCNCCCO)(C1)CC(C(C)C(=O)OCCC(CCCCCCCCC)CCCCCCCCC)(C3)C2. The van der Waals surface area contributed by atoms with Crippen molar-refractivity contribution in [1.29, 1.82) is 0 Å². The van der Waals surface area contributed by atoms with Crippen LogP contribution in [0.1, 0.15) is 324 Å². The van der Waals surface area contributed by atoms with Crippen LogP contribution in [0.15, 0.2) is 0 Å². The molecule has 0 heterocycles. The van der Waals surface area contributed by atoms with Crippen LogP contribution in [0.2, 0.25) is 0 Å². The Kier molecular flexibility index (Phi) is 37.3. The van der Waals surface area contributed by atoms with Crippen molar-refractivity contribution in [1.82, 2.24) is 5.32 Å². The number of unbranched alkanes of at least 4 members (excludes halogenated alkanes) is 24. The van der Waals surface area contributed by atoms with Crippen LogP contribution in [0.4, 0.5) is 0 Å². The molecule has 74 heavy (non-hydrogen) atoms. The molecule has 4 bridgehead atoms. The normalized spacial score (nSPS) is 21.5. The van der Waals surface area contributed by atoms with E-state index in [4.69, 9.17) is 19.3 Å². The Labute approximate surface area is 458 Å². The zero-order chi connectivity index (χ0) is 53.4. The molecule has 0 amide bonds. The van der Waals surface area contributed by atoms with Crippen molar-refractivity contribution in [3.63, 3.8) is 0 Å². The molecule has 4 saturated carbocycles. The molecule has 4 rings (SSSR count). The van der Waals surface area contributed by atoms with E-state index in [1.807, 2.05) is 0 Å². The van der Waals surface area contributed by atoms with Crippen LogP contribution in [-0.2, 0) is 28.6 Å². The maximum absolute atomic E-state index is 14.4. The molecule has 5 unspecified atom stereocenters. The van der Waals surface area contributed by atoms with Crippen molar-refractivity contribution in [2.75, 3.05) is 39.5 Å². The molecule has 5 atom stereocenters. The minimum Gasteiger partial charge on any atom is -0.466 e. The number of aliphatic hydroxyl groups is 1. The first-order chi connectivity index (χ1) is 36.1. The third-order valence-corrected chi connectivity index (χ3v) is 18.8. The van der Waals surface area contributed by atoms with E-state index in [-0.39, 0.29) is 46.7 Å². The largest absolute Gasteiger partial charge is 0.466 e. The fraction of sp³-hybridized carbons (Fsp3) is 0.955. The molecule has 434 valence electrons. The van der Waals surface area contributed by atoms with Crippen LogP contribution in [-0.4, -0.2) is 62.5 Å². The standard InChI is InChI=1S/C66H123NO7/c1-6-10-14-18-22-26-30-35-58(36-31-27-23-19-15-11-7-2)41-48-72-61(69)39-43-64-51-60-52-65(54-64,44-40-62(70)73-50-46-67-45-34-47-68)56-66(53-60,55-64)57(5)63(71)74-49-42-59(37-32-28-24-20-16-12-8-3)38-33-29-25-21-17-13-9-4/h57-60,67-68H,6-56H2,1-5H3. The topological polar surface area (TPSA) is 111 Å². The number of hydrogen-bond donors (Lipinski definition) is 2. The second-order valence-electron chi connectivity index (χ2n) is 25.5. The molecule has 4 aliphatic carbocycles. The van der Waals surface area contributed by atoms with Crippen molar-refractivity contribution in [3.8, 4) is 0 Å². The van der Waals surface area contributed by atoms with Gasteiger partial charge in [0.25, 0.3) is 0 Å². The van der Waals surface area contributed by atoms with Crippen molar-refractivity contribution in [3.05, 3.63) is 0 Å². The summed E-state index contributed by atoms with van der Waals surface area (Å²) in [5, 5.41) is 12.4. The van der Waals surface area contributed by atoms with Gasteiger partial charge < -0.3 is 24.6 Å². The van der Waals surface area contributed by atoms with Crippen LogP contribution < -0.4 is 5.32 Å². The van der Waals surface area contributed by atoms with Gasteiger partial charge in [-0.1, -0.05) is 240 Å². The Hall–Kier alpha value is -1.67. The fourth-order valence-corrected chi connectivity index (χ4v) is 14.9. The average molecular weight is 1040 g/mol. The number of carbonyl (C=O) groups excluding carboxylic acids is 3. The molecule has 8 nitrogen and oxygen atoms in total. The highest BCUT2D eigenvalue weighted by Crippen LogP contribution is 2.73. The van der Waals surface area contributed by atoms with Crippen molar-refractivity contribution in [2.45, 2.75) is 324 Å². The van der Waals surface area contributed by atoms with Crippen LogP contribution in [0.25, 0.3) is 0 Å². The summed E-state index contributed by atoms with van der Waals surface area (Å²) < 4.78 is 18.2. The quantitative estimate of drug-likeness (QED) is 0.0352. The van der Waals surface area contributed by atoms with Crippen molar-refractivity contribution < 1.29 is 33.7 Å². The first kappa shape index (κ1) is 66.6. The summed E-state index contributed by atoms with van der Waals surface area (Å²) >= 11 is 0. The molecule has 8 heteroatoms. The Morgan fingerprint density at radius 3 is 1.24 bits per heavy atom. The number of hydrogen-bond acceptors (Lipinski definition) is 8. The van der Waals surface area contributed by atoms with E-state index >= 15 is 0 Å². The molecule has 0 aromatic carbocycles. The number of ether oxygens (including phenoxy) is 3. The van der Waals surface area contributed by atoms with Gasteiger partial charge in [-0.25, -0.2) is 0 Å². The van der Waals surface area contributed by atoms with Gasteiger partial charge in [-0.3, -0.25) is 14.4 Å². The maximum atomic E-state index is 14.4. The first-order valence-electron chi connectivity index (χ1n) is 32.9. The van der Waals surface area contributed by atoms with E-state index in [1.165, 1.54) is 205 Å². The lowest BCUT2D eigenvalue weighted by Gasteiger charge is -2.68. The Morgan fingerprint density at radius 1 is 0.459 bits per heavy atom. The van der Waals surface area contributed by atoms with Crippen LogP contribution in [0, 0.1) is 39.9 Å². The van der Waals surface area contributed by atoms with E-state index in [1.54, 1.807) is 0 Å². The Morgan fingerprint density at radius 2 is 0.838 bits per heavy atom. The maximum Gasteiger partial charge on any atom is 0.309 e. The summed E-state index contributed by atoms with van der Waals surface area (Å²) in [6, 6.07) is 0. The third kappa shape index (κ3) is 28.3. The number of esters is 3. The molecule has 0 aromatic heterocycles. The molecular formula is C66H123NO7. The monoisotopic (exact) mass is 1040 g/mol. The second-order valence-corrected chi connectivity index (χ2v) is 25.5. The number of rotatable bonds is 52. The summed E-state index contributed by atoms with van der Waals surface area (Å²) in [5.74, 6) is 1.28. The predicted molar refractivity (Wildman–Crippen MR) is 310 cm³/mol. The van der Waals surface area contributed by atoms with Crippen LogP contribution in [0.3, 0.4) is 0 Å². The summed E-state index contributed by atoms with van der Waals surface area (Å²) in [6.07, 6.45) is 53.5. The van der Waals surface area contributed by atoms with Gasteiger partial charge in [-0.05, 0) is 111 Å². The highest BCUT2D eigenvalue weighted by molar-refractivity contribution is 5.73. The van der Waals surface area contributed by atoms with Crippen molar-refractivity contribution >= 4 is 17.9 Å². The Balaban J connectivity index is 1.65. The summed E-state index contributed by atoms with van der Waals surface area (Å²) in [7, 11) is 0. The molecule has 0 spiro atoms. The first-order valence-corrected chi connectivity index (χ1v) is 32.9. The Bertz CT molecular complexity index is 1370. The highest BCUT2D eigenvalue weighted by atomic mass is 16.5. The minimum absolute atomic E-state index is 0.0297. The summed E-state index contributed by atoms with van der Waals surface area (Å²) in [4.78, 5) is 41.4. The predicted octanol–water partition coefficient (Wildman–Crippen LogP) is 18.3. The van der Waals surface area contributed by atoms with E-state index in [0.29, 0.717) is 69.9 Å². The van der Waals surface area contributed by atoms with Gasteiger partial charge in [-0.15, -0.1) is 0 Å². The van der Waals surface area contributed by atoms with Crippen LogP contribution >= 0.6 is 0 Å². The van der Waals surface area contributed by atoms with Gasteiger partial charge in [0.1, 0.15) is 6.61 Å². The number of aliphatic hydroxyl groups excluding tert-OH is 1. The van der Waals surface area contributed by atoms with Crippen LogP contribution in [0.5, 0.6) is 0 Å². The van der Waals surface area contributed by atoms with E-state index < -0.39 is 0 Å². The molecule has 0 saturated heterocycles. The molecule has 0 aliphatic heterocycles.